The fourth-order valence-electron chi connectivity index (χ4n) is 3.97. The number of hydrogen-bond acceptors (Lipinski definition) is 2. The lowest BCUT2D eigenvalue weighted by atomic mass is 9.75. The molecule has 0 aromatic carbocycles. The van der Waals surface area contributed by atoms with Gasteiger partial charge in [0.1, 0.15) is 0 Å². The standard InChI is InChI=1S/C15H21F6NO2/c16-14(17,18)7-10(8-15(19,20)21)12(24)22-6-3-11(23)13(9-22)4-1-2-5-13/h10-11,23H,1-9H2. The molecule has 3 nitrogen and oxygen atoms in total. The zero-order chi connectivity index (χ0) is 18.2. The Morgan fingerprint density at radius 2 is 1.58 bits per heavy atom. The van der Waals surface area contributed by atoms with E-state index in [1.165, 1.54) is 0 Å². The maximum absolute atomic E-state index is 12.6. The third kappa shape index (κ3) is 4.77. The van der Waals surface area contributed by atoms with Gasteiger partial charge in [0.05, 0.1) is 24.9 Å². The van der Waals surface area contributed by atoms with Crippen molar-refractivity contribution in [2.24, 2.45) is 11.3 Å². The molecule has 24 heavy (non-hydrogen) atoms. The maximum atomic E-state index is 12.6. The number of carbonyl (C=O) groups is 1. The van der Waals surface area contributed by atoms with Crippen molar-refractivity contribution in [2.45, 2.75) is 63.4 Å². The molecule has 0 aromatic rings. The van der Waals surface area contributed by atoms with Crippen molar-refractivity contribution in [3.05, 3.63) is 0 Å². The first-order valence-corrected chi connectivity index (χ1v) is 8.02. The number of rotatable bonds is 3. The van der Waals surface area contributed by atoms with Crippen LogP contribution >= 0.6 is 0 Å². The van der Waals surface area contributed by atoms with Crippen molar-refractivity contribution in [1.82, 2.24) is 4.90 Å². The minimum atomic E-state index is -4.84. The van der Waals surface area contributed by atoms with E-state index in [9.17, 15) is 36.2 Å². The summed E-state index contributed by atoms with van der Waals surface area (Å²) in [6, 6.07) is 0. The first kappa shape index (κ1) is 19.3. The van der Waals surface area contributed by atoms with Gasteiger partial charge in [-0.15, -0.1) is 0 Å². The average Bonchev–Trinajstić information content (AvgIpc) is 2.87. The zero-order valence-corrected chi connectivity index (χ0v) is 13.1. The molecular weight excluding hydrogens is 340 g/mol. The van der Waals surface area contributed by atoms with Gasteiger partial charge >= 0.3 is 12.4 Å². The third-order valence-electron chi connectivity index (χ3n) is 5.10. The Balaban J connectivity index is 2.13. The van der Waals surface area contributed by atoms with E-state index < -0.39 is 48.5 Å². The second-order valence-corrected chi connectivity index (χ2v) is 6.97. The Bertz CT molecular complexity index is 440. The minimum Gasteiger partial charge on any atom is -0.392 e. The monoisotopic (exact) mass is 361 g/mol. The van der Waals surface area contributed by atoms with Gasteiger partial charge in [-0.05, 0) is 19.3 Å². The van der Waals surface area contributed by atoms with Gasteiger partial charge in [0.2, 0.25) is 5.91 Å². The Kier molecular flexibility index (Phi) is 5.42. The van der Waals surface area contributed by atoms with Crippen LogP contribution in [0.15, 0.2) is 0 Å². The summed E-state index contributed by atoms with van der Waals surface area (Å²) in [6.45, 7) is 0.0349. The summed E-state index contributed by atoms with van der Waals surface area (Å²) in [5.74, 6) is -3.26. The number of hydrogen-bond donors (Lipinski definition) is 1. The molecule has 1 spiro atoms. The largest absolute Gasteiger partial charge is 0.392 e. The number of piperidine rings is 1. The van der Waals surface area contributed by atoms with E-state index in [0.717, 1.165) is 17.7 Å². The number of aliphatic hydroxyl groups excluding tert-OH is 1. The van der Waals surface area contributed by atoms with Crippen LogP contribution in [0.5, 0.6) is 0 Å². The van der Waals surface area contributed by atoms with Crippen molar-refractivity contribution >= 4 is 5.91 Å². The van der Waals surface area contributed by atoms with Crippen LogP contribution in [0.2, 0.25) is 0 Å². The highest BCUT2D eigenvalue weighted by Gasteiger charge is 2.48. The molecule has 0 bridgehead atoms. The number of amides is 1. The van der Waals surface area contributed by atoms with Crippen molar-refractivity contribution in [3.63, 3.8) is 0 Å². The molecule has 2 aliphatic rings. The van der Waals surface area contributed by atoms with E-state index in [1.807, 2.05) is 0 Å². The van der Waals surface area contributed by atoms with Crippen molar-refractivity contribution in [1.29, 1.82) is 0 Å². The fraction of sp³-hybridized carbons (Fsp3) is 0.933. The van der Waals surface area contributed by atoms with Gasteiger partial charge < -0.3 is 10.0 Å². The normalized spacial score (nSPS) is 24.8. The van der Waals surface area contributed by atoms with E-state index in [2.05, 4.69) is 0 Å². The summed E-state index contributed by atoms with van der Waals surface area (Å²) >= 11 is 0. The van der Waals surface area contributed by atoms with E-state index in [-0.39, 0.29) is 19.5 Å². The van der Waals surface area contributed by atoms with Crippen LogP contribution < -0.4 is 0 Å². The van der Waals surface area contributed by atoms with Crippen molar-refractivity contribution in [3.8, 4) is 0 Å². The highest BCUT2D eigenvalue weighted by molar-refractivity contribution is 5.79. The van der Waals surface area contributed by atoms with Crippen LogP contribution in [0.3, 0.4) is 0 Å². The van der Waals surface area contributed by atoms with Crippen molar-refractivity contribution in [2.75, 3.05) is 13.1 Å². The van der Waals surface area contributed by atoms with E-state index in [1.54, 1.807) is 0 Å². The Labute approximate surface area is 136 Å². The zero-order valence-electron chi connectivity index (χ0n) is 13.1. The van der Waals surface area contributed by atoms with Crippen LogP contribution in [-0.4, -0.2) is 47.5 Å². The summed E-state index contributed by atoms with van der Waals surface area (Å²) in [7, 11) is 0. The molecule has 2 fully saturated rings. The second-order valence-electron chi connectivity index (χ2n) is 6.97. The third-order valence-corrected chi connectivity index (χ3v) is 5.10. The Hall–Kier alpha value is -0.990. The molecule has 1 aliphatic heterocycles. The molecule has 1 saturated carbocycles. The van der Waals surface area contributed by atoms with Crippen LogP contribution in [0.25, 0.3) is 0 Å². The highest BCUT2D eigenvalue weighted by atomic mass is 19.4. The fourth-order valence-corrected chi connectivity index (χ4v) is 3.97. The molecule has 1 unspecified atom stereocenters. The molecule has 1 saturated heterocycles. The number of halogens is 6. The van der Waals surface area contributed by atoms with E-state index >= 15 is 0 Å². The molecule has 0 radical (unpaired) electrons. The summed E-state index contributed by atoms with van der Waals surface area (Å²) < 4.78 is 75.5. The smallest absolute Gasteiger partial charge is 0.389 e. The number of carbonyl (C=O) groups excluding carboxylic acids is 1. The quantitative estimate of drug-likeness (QED) is 0.780. The van der Waals surface area contributed by atoms with Gasteiger partial charge in [0, 0.05) is 18.5 Å². The number of alkyl halides is 6. The van der Waals surface area contributed by atoms with Gasteiger partial charge in [0.25, 0.3) is 0 Å². The summed E-state index contributed by atoms with van der Waals surface area (Å²) in [6.07, 6.45) is -10.8. The number of nitrogens with zero attached hydrogens (tertiary/aromatic N) is 1. The summed E-state index contributed by atoms with van der Waals surface area (Å²) in [4.78, 5) is 13.4. The molecular formula is C15H21F6NO2. The summed E-state index contributed by atoms with van der Waals surface area (Å²) in [5, 5.41) is 10.2. The molecule has 1 heterocycles. The maximum Gasteiger partial charge on any atom is 0.389 e. The lowest BCUT2D eigenvalue weighted by Crippen LogP contribution is -2.54. The van der Waals surface area contributed by atoms with Gasteiger partial charge in [-0.1, -0.05) is 12.8 Å². The molecule has 1 aliphatic carbocycles. The van der Waals surface area contributed by atoms with E-state index in [0.29, 0.717) is 12.8 Å². The van der Waals surface area contributed by atoms with Gasteiger partial charge in [-0.2, -0.15) is 26.3 Å². The highest BCUT2D eigenvalue weighted by Crippen LogP contribution is 2.45. The van der Waals surface area contributed by atoms with Gasteiger partial charge in [-0.3, -0.25) is 4.79 Å². The molecule has 1 amide bonds. The van der Waals surface area contributed by atoms with Crippen LogP contribution in [0, 0.1) is 11.3 Å². The Morgan fingerprint density at radius 3 is 2.04 bits per heavy atom. The lowest BCUT2D eigenvalue weighted by Gasteiger charge is -2.45. The first-order valence-electron chi connectivity index (χ1n) is 8.02. The van der Waals surface area contributed by atoms with E-state index in [4.69, 9.17) is 0 Å². The predicted molar refractivity (Wildman–Crippen MR) is 72.9 cm³/mol. The van der Waals surface area contributed by atoms with Gasteiger partial charge in [0.15, 0.2) is 0 Å². The van der Waals surface area contributed by atoms with Crippen LogP contribution in [0.1, 0.15) is 44.9 Å². The Morgan fingerprint density at radius 1 is 1.08 bits per heavy atom. The summed E-state index contributed by atoms with van der Waals surface area (Å²) in [5.41, 5.74) is -0.574. The molecule has 1 N–H and O–H groups in total. The minimum absolute atomic E-state index is 0.00599. The van der Waals surface area contributed by atoms with Crippen molar-refractivity contribution < 1.29 is 36.2 Å². The van der Waals surface area contributed by atoms with Crippen LogP contribution in [0.4, 0.5) is 26.3 Å². The molecule has 140 valence electrons. The second kappa shape index (κ2) is 6.72. The topological polar surface area (TPSA) is 40.5 Å². The molecule has 1 atom stereocenters. The molecule has 2 rings (SSSR count). The van der Waals surface area contributed by atoms with Crippen LogP contribution in [-0.2, 0) is 4.79 Å². The molecule has 0 aromatic heterocycles. The number of likely N-dealkylation sites (tertiary alicyclic amines) is 1. The predicted octanol–water partition coefficient (Wildman–Crippen LogP) is 3.66. The SMILES string of the molecule is O=C(C(CC(F)(F)F)CC(F)(F)F)N1CCC(O)C2(CCCC2)C1. The lowest BCUT2D eigenvalue weighted by molar-refractivity contribution is -0.185. The average molecular weight is 361 g/mol. The molecule has 9 heteroatoms. The number of aliphatic hydroxyl groups is 1. The van der Waals surface area contributed by atoms with Gasteiger partial charge in [-0.25, -0.2) is 0 Å². The first-order chi connectivity index (χ1) is 10.9.